The first-order valence-electron chi connectivity index (χ1n) is 6.52. The number of rotatable bonds is 7. The molecule has 2 unspecified atom stereocenters. The highest BCUT2D eigenvalue weighted by molar-refractivity contribution is 8.01. The Kier molecular flexibility index (Phi) is 6.44. The van der Waals surface area contributed by atoms with E-state index in [9.17, 15) is 5.11 Å². The van der Waals surface area contributed by atoms with Crippen LogP contribution in [0.25, 0.3) is 0 Å². The van der Waals surface area contributed by atoms with E-state index in [1.165, 1.54) is 23.1 Å². The Bertz CT molecular complexity index is 562. The number of aliphatic hydroxyl groups excluding tert-OH is 1. The van der Waals surface area contributed by atoms with Crippen molar-refractivity contribution >= 4 is 34.7 Å². The van der Waals surface area contributed by atoms with Crippen LogP contribution in [0.15, 0.2) is 28.6 Å². The van der Waals surface area contributed by atoms with Crippen LogP contribution in [0.3, 0.4) is 0 Å². The summed E-state index contributed by atoms with van der Waals surface area (Å²) in [5, 5.41) is 19.5. The molecule has 0 aliphatic rings. The smallest absolute Gasteiger partial charge is 0.174 e. The Morgan fingerprint density at radius 3 is 2.67 bits per heavy atom. The highest BCUT2D eigenvalue weighted by atomic mass is 35.5. The highest BCUT2D eigenvalue weighted by Gasteiger charge is 2.11. The van der Waals surface area contributed by atoms with Crippen molar-refractivity contribution in [3.8, 4) is 0 Å². The molecule has 2 aromatic rings. The fraction of sp³-hybridized carbons (Fsp3) is 0.429. The van der Waals surface area contributed by atoms with E-state index in [0.717, 1.165) is 14.9 Å². The van der Waals surface area contributed by atoms with Gasteiger partial charge in [0.25, 0.3) is 0 Å². The quantitative estimate of drug-likeness (QED) is 0.775. The predicted octanol–water partition coefficient (Wildman–Crippen LogP) is 3.73. The van der Waals surface area contributed by atoms with E-state index in [2.05, 4.69) is 10.2 Å². The van der Waals surface area contributed by atoms with Gasteiger partial charge < -0.3 is 9.84 Å². The zero-order valence-corrected chi connectivity index (χ0v) is 14.2. The minimum atomic E-state index is -0.533. The lowest BCUT2D eigenvalue weighted by molar-refractivity contribution is 0.00623. The van der Waals surface area contributed by atoms with Crippen molar-refractivity contribution in [2.45, 2.75) is 30.4 Å². The van der Waals surface area contributed by atoms with Gasteiger partial charge >= 0.3 is 0 Å². The lowest BCUT2D eigenvalue weighted by Gasteiger charge is -2.16. The Hall–Kier alpha value is -0.660. The second-order valence-corrected chi connectivity index (χ2v) is 7.46. The summed E-state index contributed by atoms with van der Waals surface area (Å²) in [7, 11) is 0. The molecule has 0 aliphatic heterocycles. The van der Waals surface area contributed by atoms with Gasteiger partial charge in [0.05, 0.1) is 18.8 Å². The van der Waals surface area contributed by atoms with Crippen LogP contribution >= 0.6 is 34.7 Å². The maximum absolute atomic E-state index is 9.95. The molecule has 0 radical (unpaired) electrons. The van der Waals surface area contributed by atoms with Crippen molar-refractivity contribution in [2.75, 3.05) is 12.4 Å². The van der Waals surface area contributed by atoms with E-state index >= 15 is 0 Å². The molecule has 0 saturated heterocycles. The van der Waals surface area contributed by atoms with Crippen LogP contribution in [0.5, 0.6) is 0 Å². The van der Waals surface area contributed by atoms with Crippen molar-refractivity contribution in [1.82, 2.24) is 10.2 Å². The number of nitrogens with zero attached hydrogens (tertiary/aromatic N) is 2. The van der Waals surface area contributed by atoms with E-state index in [4.69, 9.17) is 16.3 Å². The van der Waals surface area contributed by atoms with Crippen LogP contribution in [0.2, 0.25) is 5.02 Å². The summed E-state index contributed by atoms with van der Waals surface area (Å²) < 4.78 is 6.56. The van der Waals surface area contributed by atoms with Crippen LogP contribution in [-0.2, 0) is 4.74 Å². The van der Waals surface area contributed by atoms with Gasteiger partial charge in [-0.2, -0.15) is 0 Å². The van der Waals surface area contributed by atoms with Crippen LogP contribution < -0.4 is 0 Å². The maximum Gasteiger partial charge on any atom is 0.174 e. The zero-order chi connectivity index (χ0) is 15.2. The predicted molar refractivity (Wildman–Crippen MR) is 87.2 cm³/mol. The monoisotopic (exact) mass is 344 g/mol. The van der Waals surface area contributed by atoms with Gasteiger partial charge in [0.2, 0.25) is 0 Å². The number of aryl methyl sites for hydroxylation is 1. The molecule has 0 amide bonds. The summed E-state index contributed by atoms with van der Waals surface area (Å²) in [5.74, 6) is 0.544. The fourth-order valence-corrected chi connectivity index (χ4v) is 3.51. The number of halogens is 1. The first kappa shape index (κ1) is 16.7. The lowest BCUT2D eigenvalue weighted by Crippen LogP contribution is -2.19. The molecule has 2 atom stereocenters. The normalized spacial score (nSPS) is 14.1. The second kappa shape index (κ2) is 8.10. The topological polar surface area (TPSA) is 55.2 Å². The average molecular weight is 345 g/mol. The van der Waals surface area contributed by atoms with Gasteiger partial charge in [-0.1, -0.05) is 46.8 Å². The van der Waals surface area contributed by atoms with Crippen molar-refractivity contribution in [1.29, 1.82) is 0 Å². The average Bonchev–Trinajstić information content (AvgIpc) is 2.89. The Morgan fingerprint density at radius 1 is 1.33 bits per heavy atom. The van der Waals surface area contributed by atoms with Crippen LogP contribution in [0.1, 0.15) is 23.6 Å². The third-order valence-corrected chi connectivity index (χ3v) is 5.15. The molecular weight excluding hydrogens is 328 g/mol. The van der Waals surface area contributed by atoms with Crippen molar-refractivity contribution < 1.29 is 9.84 Å². The van der Waals surface area contributed by atoms with Gasteiger partial charge in [-0.25, -0.2) is 0 Å². The molecule has 1 aromatic carbocycles. The molecule has 7 heteroatoms. The zero-order valence-electron chi connectivity index (χ0n) is 11.8. The molecule has 4 nitrogen and oxygen atoms in total. The van der Waals surface area contributed by atoms with Crippen molar-refractivity contribution in [3.63, 3.8) is 0 Å². The minimum absolute atomic E-state index is 0.0781. The molecular formula is C14H17ClN2O2S2. The molecule has 21 heavy (non-hydrogen) atoms. The van der Waals surface area contributed by atoms with Gasteiger partial charge in [0.15, 0.2) is 4.34 Å². The highest BCUT2D eigenvalue weighted by Crippen LogP contribution is 2.23. The van der Waals surface area contributed by atoms with Gasteiger partial charge in [-0.15, -0.1) is 10.2 Å². The van der Waals surface area contributed by atoms with E-state index in [-0.39, 0.29) is 12.7 Å². The Morgan fingerprint density at radius 2 is 2.05 bits per heavy atom. The number of ether oxygens (including phenoxy) is 1. The molecule has 2 rings (SSSR count). The molecule has 1 aromatic heterocycles. The maximum atomic E-state index is 9.95. The largest absolute Gasteiger partial charge is 0.390 e. The van der Waals surface area contributed by atoms with E-state index in [0.29, 0.717) is 10.8 Å². The number of aliphatic hydroxyl groups is 1. The molecule has 0 fully saturated rings. The molecule has 1 N–H and O–H groups in total. The first-order chi connectivity index (χ1) is 10.0. The number of benzene rings is 1. The summed E-state index contributed by atoms with van der Waals surface area (Å²) in [6.45, 7) is 4.15. The standard InChI is InChI=1S/C14H17ClN2O2S2/c1-9(11-3-5-12(15)6-4-11)19-7-13(18)8-20-14-17-16-10(2)21-14/h3-6,9,13,18H,7-8H2,1-2H3. The van der Waals surface area contributed by atoms with E-state index in [1.807, 2.05) is 38.1 Å². The van der Waals surface area contributed by atoms with Crippen molar-refractivity contribution in [2.24, 2.45) is 0 Å². The fourth-order valence-electron chi connectivity index (χ4n) is 1.64. The minimum Gasteiger partial charge on any atom is -0.390 e. The number of thioether (sulfide) groups is 1. The van der Waals surface area contributed by atoms with Crippen LogP contribution in [0.4, 0.5) is 0 Å². The van der Waals surface area contributed by atoms with Gasteiger partial charge in [-0.05, 0) is 31.5 Å². The number of hydrogen-bond acceptors (Lipinski definition) is 6. The van der Waals surface area contributed by atoms with Gasteiger partial charge in [0.1, 0.15) is 5.01 Å². The second-order valence-electron chi connectivity index (χ2n) is 4.58. The summed E-state index contributed by atoms with van der Waals surface area (Å²) >= 11 is 8.88. The summed E-state index contributed by atoms with van der Waals surface area (Å²) in [6.07, 6.45) is -0.611. The van der Waals surface area contributed by atoms with Gasteiger partial charge in [-0.3, -0.25) is 0 Å². The first-order valence-corrected chi connectivity index (χ1v) is 8.70. The van der Waals surface area contributed by atoms with Crippen molar-refractivity contribution in [3.05, 3.63) is 39.9 Å². The van der Waals surface area contributed by atoms with Crippen LogP contribution in [-0.4, -0.2) is 33.8 Å². The van der Waals surface area contributed by atoms with Gasteiger partial charge in [0, 0.05) is 10.8 Å². The molecule has 1 heterocycles. The van der Waals surface area contributed by atoms with E-state index < -0.39 is 6.10 Å². The molecule has 0 saturated carbocycles. The van der Waals surface area contributed by atoms with E-state index in [1.54, 1.807) is 0 Å². The SMILES string of the molecule is Cc1nnc(SCC(O)COC(C)c2ccc(Cl)cc2)s1. The molecule has 0 aliphatic carbocycles. The lowest BCUT2D eigenvalue weighted by atomic mass is 10.1. The summed E-state index contributed by atoms with van der Waals surface area (Å²) in [6, 6.07) is 7.53. The number of hydrogen-bond donors (Lipinski definition) is 1. The molecule has 0 bridgehead atoms. The number of aromatic nitrogens is 2. The molecule has 0 spiro atoms. The molecule has 114 valence electrons. The third-order valence-electron chi connectivity index (χ3n) is 2.78. The van der Waals surface area contributed by atoms with Crippen LogP contribution in [0, 0.1) is 6.92 Å². The Balaban J connectivity index is 1.73. The third kappa shape index (κ3) is 5.56. The Labute approximate surface area is 137 Å². The summed E-state index contributed by atoms with van der Waals surface area (Å²) in [4.78, 5) is 0. The summed E-state index contributed by atoms with van der Waals surface area (Å²) in [5.41, 5.74) is 1.04.